The molecule has 1 aromatic heterocycles. The highest BCUT2D eigenvalue weighted by Gasteiger charge is 2.07. The second kappa shape index (κ2) is 7.33. The summed E-state index contributed by atoms with van der Waals surface area (Å²) in [6.07, 6.45) is 1.14. The molecule has 0 bridgehead atoms. The maximum absolute atomic E-state index is 11.5. The number of carbonyl (C=O) groups is 1. The highest BCUT2D eigenvalue weighted by molar-refractivity contribution is 7.11. The number of aryl methyl sites for hydroxylation is 2. The van der Waals surface area contributed by atoms with Crippen LogP contribution in [0.1, 0.15) is 35.3 Å². The van der Waals surface area contributed by atoms with Gasteiger partial charge < -0.3 is 15.7 Å². The number of carbonyl (C=O) groups excluding carboxylic acids is 1. The summed E-state index contributed by atoms with van der Waals surface area (Å²) < 4.78 is 0. The van der Waals surface area contributed by atoms with Crippen LogP contribution in [0.15, 0.2) is 0 Å². The summed E-state index contributed by atoms with van der Waals surface area (Å²) in [7, 11) is 0. The molecule has 6 heteroatoms. The number of aliphatic hydroxyl groups excluding tert-OH is 1. The topological polar surface area (TPSA) is 74.2 Å². The zero-order chi connectivity index (χ0) is 13.5. The zero-order valence-electron chi connectivity index (χ0n) is 11.1. The van der Waals surface area contributed by atoms with E-state index in [1.165, 1.54) is 4.88 Å². The van der Waals surface area contributed by atoms with Gasteiger partial charge in [0.15, 0.2) is 0 Å². The van der Waals surface area contributed by atoms with Gasteiger partial charge in [0.05, 0.1) is 18.3 Å². The standard InChI is InChI=1S/C12H21N3O2S/c1-4-5-10(16)6-13-12(17)14-7-11-15-8(2)9(3)18-11/h10,16H,4-7H2,1-3H3,(H2,13,14,17). The van der Waals surface area contributed by atoms with Crippen LogP contribution in [0.5, 0.6) is 0 Å². The largest absolute Gasteiger partial charge is 0.391 e. The lowest BCUT2D eigenvalue weighted by atomic mass is 10.2. The molecule has 1 heterocycles. The Morgan fingerprint density at radius 2 is 2.17 bits per heavy atom. The minimum atomic E-state index is -0.467. The van der Waals surface area contributed by atoms with E-state index in [9.17, 15) is 9.90 Å². The Labute approximate surface area is 112 Å². The second-order valence-electron chi connectivity index (χ2n) is 4.26. The van der Waals surface area contributed by atoms with Gasteiger partial charge in [0.1, 0.15) is 5.01 Å². The molecule has 0 saturated carbocycles. The first-order valence-corrected chi connectivity index (χ1v) is 6.97. The Hall–Kier alpha value is -1.14. The Morgan fingerprint density at radius 3 is 2.72 bits per heavy atom. The van der Waals surface area contributed by atoms with Crippen molar-refractivity contribution in [1.82, 2.24) is 15.6 Å². The van der Waals surface area contributed by atoms with E-state index >= 15 is 0 Å². The van der Waals surface area contributed by atoms with Gasteiger partial charge in [-0.3, -0.25) is 0 Å². The Morgan fingerprint density at radius 1 is 1.44 bits per heavy atom. The molecular weight excluding hydrogens is 250 g/mol. The number of nitrogens with one attached hydrogen (secondary N) is 2. The van der Waals surface area contributed by atoms with E-state index in [-0.39, 0.29) is 12.6 Å². The lowest BCUT2D eigenvalue weighted by Gasteiger charge is -2.10. The van der Waals surface area contributed by atoms with Crippen LogP contribution in [-0.4, -0.2) is 28.8 Å². The van der Waals surface area contributed by atoms with Crippen molar-refractivity contribution in [2.45, 2.75) is 46.3 Å². The van der Waals surface area contributed by atoms with E-state index in [1.807, 2.05) is 20.8 Å². The molecule has 0 fully saturated rings. The summed E-state index contributed by atoms with van der Waals surface area (Å²) in [5.41, 5.74) is 1.01. The predicted octanol–water partition coefficient (Wildman–Crippen LogP) is 1.72. The van der Waals surface area contributed by atoms with Crippen molar-refractivity contribution < 1.29 is 9.90 Å². The molecular formula is C12H21N3O2S. The highest BCUT2D eigenvalue weighted by atomic mass is 32.1. The van der Waals surface area contributed by atoms with Crippen molar-refractivity contribution >= 4 is 17.4 Å². The van der Waals surface area contributed by atoms with Crippen LogP contribution in [0.3, 0.4) is 0 Å². The fourth-order valence-electron chi connectivity index (χ4n) is 1.48. The van der Waals surface area contributed by atoms with Crippen molar-refractivity contribution in [2.24, 2.45) is 0 Å². The number of nitrogens with zero attached hydrogens (tertiary/aromatic N) is 1. The quantitative estimate of drug-likeness (QED) is 0.737. The number of urea groups is 1. The van der Waals surface area contributed by atoms with Gasteiger partial charge in [0.25, 0.3) is 0 Å². The van der Waals surface area contributed by atoms with Gasteiger partial charge in [-0.1, -0.05) is 13.3 Å². The number of hydrogen-bond donors (Lipinski definition) is 3. The lowest BCUT2D eigenvalue weighted by molar-refractivity contribution is 0.160. The molecule has 0 aliphatic heterocycles. The SMILES string of the molecule is CCCC(O)CNC(=O)NCc1nc(C)c(C)s1. The Balaban J connectivity index is 2.24. The van der Waals surface area contributed by atoms with Gasteiger partial charge in [-0.2, -0.15) is 0 Å². The molecule has 0 aliphatic carbocycles. The number of hydrogen-bond acceptors (Lipinski definition) is 4. The molecule has 1 atom stereocenters. The molecule has 1 unspecified atom stereocenters. The van der Waals surface area contributed by atoms with Crippen LogP contribution < -0.4 is 10.6 Å². The summed E-state index contributed by atoms with van der Waals surface area (Å²) >= 11 is 1.59. The molecule has 0 saturated heterocycles. The molecule has 1 aromatic rings. The van der Waals surface area contributed by atoms with Gasteiger partial charge in [-0.25, -0.2) is 9.78 Å². The van der Waals surface area contributed by atoms with Gasteiger partial charge in [0.2, 0.25) is 0 Å². The molecule has 5 nitrogen and oxygen atoms in total. The molecule has 0 aromatic carbocycles. The third-order valence-electron chi connectivity index (χ3n) is 2.59. The first-order valence-electron chi connectivity index (χ1n) is 6.15. The van der Waals surface area contributed by atoms with Crippen molar-refractivity contribution in [3.05, 3.63) is 15.6 Å². The van der Waals surface area contributed by atoms with Crippen LogP contribution in [0.4, 0.5) is 4.79 Å². The molecule has 18 heavy (non-hydrogen) atoms. The molecule has 0 aliphatic rings. The average Bonchev–Trinajstić information content (AvgIpc) is 2.64. The minimum Gasteiger partial charge on any atom is -0.391 e. The summed E-state index contributed by atoms with van der Waals surface area (Å²) in [5.74, 6) is 0. The summed E-state index contributed by atoms with van der Waals surface area (Å²) in [4.78, 5) is 17.0. The first-order chi connectivity index (χ1) is 8.52. The van der Waals surface area contributed by atoms with Crippen molar-refractivity contribution in [3.63, 3.8) is 0 Å². The number of aromatic nitrogens is 1. The molecule has 102 valence electrons. The number of aliphatic hydroxyl groups is 1. The smallest absolute Gasteiger partial charge is 0.315 e. The van der Waals surface area contributed by atoms with Gasteiger partial charge in [-0.05, 0) is 20.3 Å². The van der Waals surface area contributed by atoms with E-state index in [0.29, 0.717) is 13.0 Å². The molecule has 2 amide bonds. The Kier molecular flexibility index (Phi) is 6.07. The lowest BCUT2D eigenvalue weighted by Crippen LogP contribution is -2.39. The molecule has 1 rings (SSSR count). The van der Waals surface area contributed by atoms with Crippen LogP contribution in [-0.2, 0) is 6.54 Å². The van der Waals surface area contributed by atoms with Gasteiger partial charge in [0, 0.05) is 11.4 Å². The monoisotopic (exact) mass is 271 g/mol. The average molecular weight is 271 g/mol. The number of thiazole rings is 1. The highest BCUT2D eigenvalue weighted by Crippen LogP contribution is 2.15. The van der Waals surface area contributed by atoms with Crippen molar-refractivity contribution in [3.8, 4) is 0 Å². The van der Waals surface area contributed by atoms with Crippen LogP contribution in [0.25, 0.3) is 0 Å². The fourth-order valence-corrected chi connectivity index (χ4v) is 2.35. The molecule has 3 N–H and O–H groups in total. The van der Waals surface area contributed by atoms with E-state index in [4.69, 9.17) is 0 Å². The maximum atomic E-state index is 11.5. The van der Waals surface area contributed by atoms with Crippen molar-refractivity contribution in [1.29, 1.82) is 0 Å². The van der Waals surface area contributed by atoms with Crippen LogP contribution >= 0.6 is 11.3 Å². The van der Waals surface area contributed by atoms with E-state index in [1.54, 1.807) is 11.3 Å². The summed E-state index contributed by atoms with van der Waals surface area (Å²) in [5, 5.41) is 15.7. The van der Waals surface area contributed by atoms with E-state index < -0.39 is 6.10 Å². The summed E-state index contributed by atoms with van der Waals surface area (Å²) in [6, 6.07) is -0.268. The third-order valence-corrected chi connectivity index (χ3v) is 3.67. The Bertz CT molecular complexity index is 373. The molecule has 0 spiro atoms. The van der Waals surface area contributed by atoms with E-state index in [2.05, 4.69) is 15.6 Å². The fraction of sp³-hybridized carbons (Fsp3) is 0.667. The zero-order valence-corrected chi connectivity index (χ0v) is 11.9. The number of amides is 2. The van der Waals surface area contributed by atoms with Gasteiger partial charge in [-0.15, -0.1) is 11.3 Å². The van der Waals surface area contributed by atoms with Gasteiger partial charge >= 0.3 is 6.03 Å². The van der Waals surface area contributed by atoms with E-state index in [0.717, 1.165) is 17.1 Å². The minimum absolute atomic E-state index is 0.268. The maximum Gasteiger partial charge on any atom is 0.315 e. The van der Waals surface area contributed by atoms with Crippen molar-refractivity contribution in [2.75, 3.05) is 6.54 Å². The summed E-state index contributed by atoms with van der Waals surface area (Å²) in [6.45, 7) is 6.68. The third kappa shape index (κ3) is 5.01. The first kappa shape index (κ1) is 14.9. The van der Waals surface area contributed by atoms with Crippen LogP contribution in [0.2, 0.25) is 0 Å². The molecule has 0 radical (unpaired) electrons. The predicted molar refractivity (Wildman–Crippen MR) is 72.7 cm³/mol. The normalized spacial score (nSPS) is 12.2. The van der Waals surface area contributed by atoms with Crippen LogP contribution in [0, 0.1) is 13.8 Å². The second-order valence-corrected chi connectivity index (χ2v) is 5.54. The number of rotatable bonds is 6.